The molecule has 0 saturated heterocycles. The molecule has 36 heavy (non-hydrogen) atoms. The second-order valence-electron chi connectivity index (χ2n) is 11.6. The lowest BCUT2D eigenvalue weighted by molar-refractivity contribution is -0.125. The maximum atomic E-state index is 12.5. The van der Waals surface area contributed by atoms with Crippen LogP contribution >= 0.6 is 0 Å². The minimum absolute atomic E-state index is 0.0346. The number of nitrogens with one attached hydrogen (secondary N) is 3. The quantitative estimate of drug-likeness (QED) is 0.164. The Morgan fingerprint density at radius 1 is 0.472 bits per heavy atom. The normalized spacial score (nSPS) is 16.3. The van der Waals surface area contributed by atoms with E-state index in [1.54, 1.807) is 0 Å². The van der Waals surface area contributed by atoms with E-state index in [-0.39, 0.29) is 35.5 Å². The van der Waals surface area contributed by atoms with Gasteiger partial charge in [0, 0.05) is 37.4 Å². The van der Waals surface area contributed by atoms with Crippen LogP contribution in [0.1, 0.15) is 120 Å². The fourth-order valence-corrected chi connectivity index (χ4v) is 4.03. The van der Waals surface area contributed by atoms with Crippen LogP contribution in [-0.4, -0.2) is 37.4 Å². The van der Waals surface area contributed by atoms with Crippen molar-refractivity contribution in [1.29, 1.82) is 0 Å². The van der Waals surface area contributed by atoms with E-state index in [0.29, 0.717) is 17.8 Å². The van der Waals surface area contributed by atoms with Crippen LogP contribution in [0.3, 0.4) is 0 Å². The molecule has 212 valence electrons. The van der Waals surface area contributed by atoms with Gasteiger partial charge in [0.2, 0.25) is 17.7 Å². The van der Waals surface area contributed by atoms with Crippen LogP contribution < -0.4 is 16.0 Å². The second kappa shape index (κ2) is 20.5. The number of hydrogen-bond donors (Lipinski definition) is 3. The predicted octanol–water partition coefficient (Wildman–Crippen LogP) is 6.09. The molecule has 2 unspecified atom stereocenters. The molecule has 3 amide bonds. The van der Waals surface area contributed by atoms with Gasteiger partial charge < -0.3 is 16.0 Å². The summed E-state index contributed by atoms with van der Waals surface area (Å²) < 4.78 is 0. The number of carbonyl (C=O) groups excluding carboxylic acids is 3. The zero-order valence-corrected chi connectivity index (χ0v) is 24.9. The Kier molecular flexibility index (Phi) is 19.6. The van der Waals surface area contributed by atoms with Crippen LogP contribution in [0.15, 0.2) is 0 Å². The summed E-state index contributed by atoms with van der Waals surface area (Å²) in [5.74, 6) is 2.10. The van der Waals surface area contributed by atoms with Gasteiger partial charge in [-0.15, -0.1) is 0 Å². The Balaban J connectivity index is 3.88. The van der Waals surface area contributed by atoms with E-state index in [2.05, 4.69) is 43.6 Å². The fourth-order valence-electron chi connectivity index (χ4n) is 4.03. The van der Waals surface area contributed by atoms with Crippen molar-refractivity contribution in [2.75, 3.05) is 19.6 Å². The highest BCUT2D eigenvalue weighted by Crippen LogP contribution is 2.16. The first kappa shape index (κ1) is 34.4. The SMILES string of the molecule is CC[C@H](C)CNC(=O)[C@@H](C)CCCC[C@H](C)CNC(=O)C(C)CCCCC(C)CNC(=O)[C@@H](C)CC. The van der Waals surface area contributed by atoms with Gasteiger partial charge in [0.25, 0.3) is 0 Å². The highest BCUT2D eigenvalue weighted by Gasteiger charge is 2.16. The molecule has 6 heteroatoms. The van der Waals surface area contributed by atoms with Crippen molar-refractivity contribution >= 4 is 17.7 Å². The molecule has 0 aromatic heterocycles. The third-order valence-corrected chi connectivity index (χ3v) is 7.69. The summed E-state index contributed by atoms with van der Waals surface area (Å²) in [4.78, 5) is 36.5. The molecule has 0 aliphatic carbocycles. The van der Waals surface area contributed by atoms with E-state index in [0.717, 1.165) is 83.8 Å². The van der Waals surface area contributed by atoms with Crippen molar-refractivity contribution in [3.05, 3.63) is 0 Å². The molecule has 0 aromatic rings. The van der Waals surface area contributed by atoms with Gasteiger partial charge in [-0.3, -0.25) is 14.4 Å². The summed E-state index contributed by atoms with van der Waals surface area (Å²) >= 11 is 0. The van der Waals surface area contributed by atoms with E-state index in [1.165, 1.54) is 0 Å². The Morgan fingerprint density at radius 2 is 0.806 bits per heavy atom. The van der Waals surface area contributed by atoms with E-state index in [9.17, 15) is 14.4 Å². The van der Waals surface area contributed by atoms with Crippen molar-refractivity contribution in [1.82, 2.24) is 16.0 Å². The smallest absolute Gasteiger partial charge is 0.222 e. The maximum Gasteiger partial charge on any atom is 0.222 e. The van der Waals surface area contributed by atoms with Gasteiger partial charge in [0.15, 0.2) is 0 Å². The average molecular weight is 510 g/mol. The predicted molar refractivity (Wildman–Crippen MR) is 152 cm³/mol. The lowest BCUT2D eigenvalue weighted by atomic mass is 9.97. The molecule has 0 aromatic carbocycles. The maximum absolute atomic E-state index is 12.5. The molecule has 6 nitrogen and oxygen atoms in total. The van der Waals surface area contributed by atoms with E-state index < -0.39 is 0 Å². The van der Waals surface area contributed by atoms with Gasteiger partial charge in [0.05, 0.1) is 0 Å². The molecule has 0 spiro atoms. The van der Waals surface area contributed by atoms with Gasteiger partial charge in [-0.1, -0.05) is 87.5 Å². The molecule has 0 heterocycles. The molecule has 0 bridgehead atoms. The molecule has 3 N–H and O–H groups in total. The molecule has 0 radical (unpaired) electrons. The first-order valence-electron chi connectivity index (χ1n) is 14.8. The summed E-state index contributed by atoms with van der Waals surface area (Å²) in [5.41, 5.74) is 0. The van der Waals surface area contributed by atoms with Crippen LogP contribution in [0.2, 0.25) is 0 Å². The van der Waals surface area contributed by atoms with Gasteiger partial charge in [-0.25, -0.2) is 0 Å². The third-order valence-electron chi connectivity index (χ3n) is 7.69. The monoisotopic (exact) mass is 509 g/mol. The number of hydrogen-bond acceptors (Lipinski definition) is 3. The summed E-state index contributed by atoms with van der Waals surface area (Å²) in [6.45, 7) is 18.9. The first-order chi connectivity index (χ1) is 17.0. The third kappa shape index (κ3) is 17.0. The molecule has 0 saturated carbocycles. The second-order valence-corrected chi connectivity index (χ2v) is 11.6. The van der Waals surface area contributed by atoms with Gasteiger partial charge >= 0.3 is 0 Å². The minimum atomic E-state index is 0.0346. The lowest BCUT2D eigenvalue weighted by Crippen LogP contribution is -2.33. The van der Waals surface area contributed by atoms with Gasteiger partial charge in [-0.2, -0.15) is 0 Å². The minimum Gasteiger partial charge on any atom is -0.356 e. The zero-order chi connectivity index (χ0) is 27.5. The van der Waals surface area contributed by atoms with Gasteiger partial charge in [0.1, 0.15) is 0 Å². The molecular weight excluding hydrogens is 450 g/mol. The number of rotatable bonds is 21. The van der Waals surface area contributed by atoms with E-state index in [1.807, 2.05) is 27.7 Å². The first-order valence-corrected chi connectivity index (χ1v) is 14.8. The Labute approximate surface area is 222 Å². The van der Waals surface area contributed by atoms with E-state index in [4.69, 9.17) is 0 Å². The summed E-state index contributed by atoms with van der Waals surface area (Å²) in [6.07, 6.45) is 10.2. The summed E-state index contributed by atoms with van der Waals surface area (Å²) in [5, 5.41) is 9.24. The van der Waals surface area contributed by atoms with Crippen molar-refractivity contribution in [3.63, 3.8) is 0 Å². The van der Waals surface area contributed by atoms with Gasteiger partial charge in [-0.05, 0) is 49.9 Å². The standard InChI is InChI=1S/C30H59N3O3/c1-9-22(3)19-31-29(35)26(7)17-13-12-16-24(5)21-33-30(36)27(8)18-14-11-15-23(4)20-32-28(34)25(6)10-2/h22-27H,9-21H2,1-8H3,(H,31,35)(H,32,34)(H,33,36)/t22-,23?,24-,25-,26-,27?/m0/s1. The summed E-state index contributed by atoms with van der Waals surface area (Å²) in [7, 11) is 0. The molecular formula is C30H59N3O3. The van der Waals surface area contributed by atoms with Crippen LogP contribution in [0.5, 0.6) is 0 Å². The average Bonchev–Trinajstić information content (AvgIpc) is 2.87. The Bertz CT molecular complexity index is 610. The molecule has 0 aliphatic heterocycles. The van der Waals surface area contributed by atoms with Crippen molar-refractivity contribution in [2.45, 2.75) is 120 Å². The number of carbonyl (C=O) groups is 3. The van der Waals surface area contributed by atoms with Crippen molar-refractivity contribution in [2.24, 2.45) is 35.5 Å². The zero-order valence-electron chi connectivity index (χ0n) is 24.9. The Hall–Kier alpha value is -1.59. The van der Waals surface area contributed by atoms with Crippen molar-refractivity contribution in [3.8, 4) is 0 Å². The summed E-state index contributed by atoms with van der Waals surface area (Å²) in [6, 6.07) is 0. The molecule has 6 atom stereocenters. The number of unbranched alkanes of at least 4 members (excludes halogenated alkanes) is 2. The largest absolute Gasteiger partial charge is 0.356 e. The van der Waals surface area contributed by atoms with Crippen LogP contribution in [-0.2, 0) is 14.4 Å². The highest BCUT2D eigenvalue weighted by molar-refractivity contribution is 5.78. The van der Waals surface area contributed by atoms with Crippen molar-refractivity contribution < 1.29 is 14.4 Å². The Morgan fingerprint density at radius 3 is 1.17 bits per heavy atom. The lowest BCUT2D eigenvalue weighted by Gasteiger charge is -2.17. The fraction of sp³-hybridized carbons (Fsp3) is 0.900. The van der Waals surface area contributed by atoms with Crippen LogP contribution in [0.4, 0.5) is 0 Å². The van der Waals surface area contributed by atoms with Crippen LogP contribution in [0, 0.1) is 35.5 Å². The topological polar surface area (TPSA) is 87.3 Å². The molecule has 0 rings (SSSR count). The van der Waals surface area contributed by atoms with E-state index >= 15 is 0 Å². The van der Waals surface area contributed by atoms with Crippen LogP contribution in [0.25, 0.3) is 0 Å². The highest BCUT2D eigenvalue weighted by atomic mass is 16.2. The number of amides is 3. The molecule has 0 aliphatic rings. The molecule has 0 fully saturated rings.